The van der Waals surface area contributed by atoms with Crippen molar-refractivity contribution in [3.05, 3.63) is 77.4 Å². The molecule has 0 bridgehead atoms. The Hall–Kier alpha value is -2.99. The summed E-state index contributed by atoms with van der Waals surface area (Å²) in [6, 6.07) is 11.7. The minimum absolute atomic E-state index is 0.250. The SMILES string of the molecule is CCCC(NC(=O)c1cc(Cc2ccc(-n3cccn3)cc2)c(C)cn1)C(C)O. The van der Waals surface area contributed by atoms with E-state index in [-0.39, 0.29) is 11.9 Å². The molecule has 29 heavy (non-hydrogen) atoms. The van der Waals surface area contributed by atoms with Gasteiger partial charge in [0.1, 0.15) is 5.69 Å². The molecule has 0 aliphatic carbocycles. The van der Waals surface area contributed by atoms with Crippen LogP contribution in [0.1, 0.15) is 53.9 Å². The van der Waals surface area contributed by atoms with Crippen LogP contribution in [-0.2, 0) is 6.42 Å². The van der Waals surface area contributed by atoms with Gasteiger partial charge in [0.2, 0.25) is 0 Å². The molecule has 2 unspecified atom stereocenters. The van der Waals surface area contributed by atoms with E-state index in [1.54, 1.807) is 19.3 Å². The van der Waals surface area contributed by atoms with Gasteiger partial charge in [-0.25, -0.2) is 4.68 Å². The minimum atomic E-state index is -0.600. The molecule has 0 saturated carbocycles. The Morgan fingerprint density at radius 2 is 2.03 bits per heavy atom. The topological polar surface area (TPSA) is 80.0 Å². The zero-order valence-corrected chi connectivity index (χ0v) is 17.2. The minimum Gasteiger partial charge on any atom is -0.391 e. The molecule has 0 aliphatic rings. The first-order valence-electron chi connectivity index (χ1n) is 10.0. The van der Waals surface area contributed by atoms with Gasteiger partial charge >= 0.3 is 0 Å². The lowest BCUT2D eigenvalue weighted by Gasteiger charge is -2.20. The van der Waals surface area contributed by atoms with E-state index in [2.05, 4.69) is 27.5 Å². The third-order valence-corrected chi connectivity index (χ3v) is 5.05. The van der Waals surface area contributed by atoms with Gasteiger partial charge in [-0.3, -0.25) is 9.78 Å². The summed E-state index contributed by atoms with van der Waals surface area (Å²) in [7, 11) is 0. The number of amides is 1. The van der Waals surface area contributed by atoms with Crippen molar-refractivity contribution in [3.63, 3.8) is 0 Å². The Morgan fingerprint density at radius 3 is 2.66 bits per heavy atom. The molecule has 6 heteroatoms. The van der Waals surface area contributed by atoms with Crippen LogP contribution in [0, 0.1) is 6.92 Å². The molecular formula is C23H28N4O2. The molecule has 0 radical (unpaired) electrons. The summed E-state index contributed by atoms with van der Waals surface area (Å²) in [6.45, 7) is 5.72. The monoisotopic (exact) mass is 392 g/mol. The first-order valence-corrected chi connectivity index (χ1v) is 10.0. The second-order valence-corrected chi connectivity index (χ2v) is 7.40. The van der Waals surface area contributed by atoms with E-state index in [0.717, 1.165) is 35.2 Å². The third-order valence-electron chi connectivity index (χ3n) is 5.05. The van der Waals surface area contributed by atoms with E-state index in [1.165, 1.54) is 0 Å². The molecule has 6 nitrogen and oxygen atoms in total. The van der Waals surface area contributed by atoms with Gasteiger partial charge in [-0.05, 0) is 67.6 Å². The zero-order valence-electron chi connectivity index (χ0n) is 17.2. The second kappa shape index (κ2) is 9.47. The Kier molecular flexibility index (Phi) is 6.77. The van der Waals surface area contributed by atoms with Gasteiger partial charge in [-0.1, -0.05) is 25.5 Å². The van der Waals surface area contributed by atoms with Crippen LogP contribution in [-0.4, -0.2) is 37.9 Å². The summed E-state index contributed by atoms with van der Waals surface area (Å²) in [5, 5.41) is 17.0. The highest BCUT2D eigenvalue weighted by Gasteiger charge is 2.19. The Balaban J connectivity index is 1.74. The van der Waals surface area contributed by atoms with Crippen LogP contribution in [0.4, 0.5) is 0 Å². The first-order chi connectivity index (χ1) is 14.0. The van der Waals surface area contributed by atoms with E-state index in [4.69, 9.17) is 0 Å². The molecule has 1 aromatic carbocycles. The number of rotatable bonds is 8. The van der Waals surface area contributed by atoms with Crippen molar-refractivity contribution in [1.29, 1.82) is 0 Å². The van der Waals surface area contributed by atoms with Crippen molar-refractivity contribution in [1.82, 2.24) is 20.1 Å². The molecule has 0 saturated heterocycles. The summed E-state index contributed by atoms with van der Waals surface area (Å²) in [4.78, 5) is 16.9. The first kappa shape index (κ1) is 20.7. The summed E-state index contributed by atoms with van der Waals surface area (Å²) in [5.74, 6) is -0.250. The number of aliphatic hydroxyl groups is 1. The molecule has 2 aromatic heterocycles. The highest BCUT2D eigenvalue weighted by atomic mass is 16.3. The van der Waals surface area contributed by atoms with Crippen molar-refractivity contribution < 1.29 is 9.90 Å². The standard InChI is InChI=1S/C23H28N4O2/c1-4-6-21(17(3)28)26-23(29)22-14-19(16(2)15-24-22)13-18-7-9-20(10-8-18)27-12-5-11-25-27/h5,7-12,14-15,17,21,28H,4,6,13H2,1-3H3,(H,26,29). The maximum Gasteiger partial charge on any atom is 0.270 e. The summed E-state index contributed by atoms with van der Waals surface area (Å²) in [5.41, 5.74) is 4.62. The van der Waals surface area contributed by atoms with Gasteiger partial charge < -0.3 is 10.4 Å². The van der Waals surface area contributed by atoms with E-state index >= 15 is 0 Å². The highest BCUT2D eigenvalue weighted by Crippen LogP contribution is 2.17. The molecule has 2 heterocycles. The average Bonchev–Trinajstić information content (AvgIpc) is 3.24. The van der Waals surface area contributed by atoms with E-state index in [9.17, 15) is 9.90 Å². The smallest absolute Gasteiger partial charge is 0.270 e. The van der Waals surface area contributed by atoms with Gasteiger partial charge in [0, 0.05) is 18.6 Å². The molecule has 0 fully saturated rings. The fourth-order valence-electron chi connectivity index (χ4n) is 3.28. The highest BCUT2D eigenvalue weighted by molar-refractivity contribution is 5.92. The van der Waals surface area contributed by atoms with Gasteiger partial charge in [0.15, 0.2) is 0 Å². The molecule has 2 atom stereocenters. The van der Waals surface area contributed by atoms with Crippen LogP contribution in [0.5, 0.6) is 0 Å². The average molecular weight is 393 g/mol. The number of aromatic nitrogens is 3. The molecule has 2 N–H and O–H groups in total. The quantitative estimate of drug-likeness (QED) is 0.615. The number of nitrogens with zero attached hydrogens (tertiary/aromatic N) is 3. The van der Waals surface area contributed by atoms with Crippen molar-refractivity contribution >= 4 is 5.91 Å². The number of hydrogen-bond donors (Lipinski definition) is 2. The fourth-order valence-corrected chi connectivity index (χ4v) is 3.28. The largest absolute Gasteiger partial charge is 0.391 e. The number of hydrogen-bond acceptors (Lipinski definition) is 4. The van der Waals surface area contributed by atoms with Crippen molar-refractivity contribution in [2.24, 2.45) is 0 Å². The van der Waals surface area contributed by atoms with Gasteiger partial charge in [0.25, 0.3) is 5.91 Å². The number of carbonyl (C=O) groups is 1. The predicted octanol–water partition coefficient (Wildman–Crippen LogP) is 3.45. The molecule has 3 rings (SSSR count). The fraction of sp³-hybridized carbons (Fsp3) is 0.348. The van der Waals surface area contributed by atoms with Crippen molar-refractivity contribution in [2.75, 3.05) is 0 Å². The Labute approximate surface area is 171 Å². The van der Waals surface area contributed by atoms with E-state index < -0.39 is 6.10 Å². The van der Waals surface area contributed by atoms with Crippen LogP contribution >= 0.6 is 0 Å². The summed E-state index contributed by atoms with van der Waals surface area (Å²) >= 11 is 0. The summed E-state index contributed by atoms with van der Waals surface area (Å²) < 4.78 is 1.82. The zero-order chi connectivity index (χ0) is 20.8. The van der Waals surface area contributed by atoms with Crippen LogP contribution in [0.15, 0.2) is 55.0 Å². The predicted molar refractivity (Wildman–Crippen MR) is 113 cm³/mol. The molecule has 0 aliphatic heterocycles. The van der Waals surface area contributed by atoms with Crippen LogP contribution in [0.2, 0.25) is 0 Å². The van der Waals surface area contributed by atoms with E-state index in [1.807, 2.05) is 49.0 Å². The lowest BCUT2D eigenvalue weighted by molar-refractivity contribution is 0.0844. The van der Waals surface area contributed by atoms with Crippen LogP contribution in [0.3, 0.4) is 0 Å². The van der Waals surface area contributed by atoms with Gasteiger partial charge in [-0.15, -0.1) is 0 Å². The maximum atomic E-state index is 12.6. The Bertz CT molecular complexity index is 934. The number of aryl methyl sites for hydroxylation is 1. The lowest BCUT2D eigenvalue weighted by Crippen LogP contribution is -2.42. The summed E-state index contributed by atoms with van der Waals surface area (Å²) in [6.07, 6.45) is 7.12. The number of pyridine rings is 1. The number of benzene rings is 1. The van der Waals surface area contributed by atoms with Crippen LogP contribution < -0.4 is 5.32 Å². The second-order valence-electron chi connectivity index (χ2n) is 7.40. The Morgan fingerprint density at radius 1 is 1.28 bits per heavy atom. The third kappa shape index (κ3) is 5.29. The molecule has 152 valence electrons. The maximum absolute atomic E-state index is 12.6. The normalized spacial score (nSPS) is 13.1. The molecule has 0 spiro atoms. The van der Waals surface area contributed by atoms with Gasteiger partial charge in [-0.2, -0.15) is 5.10 Å². The number of nitrogens with one attached hydrogen (secondary N) is 1. The van der Waals surface area contributed by atoms with E-state index in [0.29, 0.717) is 12.1 Å². The molecule has 1 amide bonds. The molecule has 3 aromatic rings. The van der Waals surface area contributed by atoms with Crippen LogP contribution in [0.25, 0.3) is 5.69 Å². The molecular weight excluding hydrogens is 364 g/mol. The van der Waals surface area contributed by atoms with Crippen molar-refractivity contribution in [3.8, 4) is 5.69 Å². The van der Waals surface area contributed by atoms with Gasteiger partial charge in [0.05, 0.1) is 17.8 Å². The number of carbonyl (C=O) groups excluding carboxylic acids is 1. The van der Waals surface area contributed by atoms with Crippen molar-refractivity contribution in [2.45, 2.75) is 52.2 Å². The lowest BCUT2D eigenvalue weighted by atomic mass is 10.0. The number of aliphatic hydroxyl groups excluding tert-OH is 1.